The third-order valence-corrected chi connectivity index (χ3v) is 3.26. The van der Waals surface area contributed by atoms with Crippen LogP contribution in [0, 0.1) is 0 Å². The second-order valence-electron chi connectivity index (χ2n) is 4.16. The van der Waals surface area contributed by atoms with Gasteiger partial charge in [-0.05, 0) is 53.5 Å². The molecule has 4 heteroatoms. The summed E-state index contributed by atoms with van der Waals surface area (Å²) in [6.45, 7) is 1.80. The molecule has 0 aromatic carbocycles. The van der Waals surface area contributed by atoms with Crippen molar-refractivity contribution in [2.24, 2.45) is 0 Å². The first-order valence-electron chi connectivity index (χ1n) is 5.21. The van der Waals surface area contributed by atoms with Crippen LogP contribution in [0.3, 0.4) is 0 Å². The Morgan fingerprint density at radius 2 is 2.13 bits per heavy atom. The Bertz CT molecular complexity index is 337. The number of piperidine rings is 1. The lowest BCUT2D eigenvalue weighted by molar-refractivity contribution is 0.0108. The van der Waals surface area contributed by atoms with E-state index in [2.05, 4.69) is 26.2 Å². The second-order valence-corrected chi connectivity index (χ2v) is 5.08. The number of aromatic nitrogens is 1. The van der Waals surface area contributed by atoms with Crippen molar-refractivity contribution in [2.45, 2.75) is 24.9 Å². The summed E-state index contributed by atoms with van der Waals surface area (Å²) >= 11 is 3.39. The maximum absolute atomic E-state index is 10.3. The first-order valence-corrected chi connectivity index (χ1v) is 6.00. The molecular formula is C11H15BrN2O. The molecule has 82 valence electrons. The molecule has 2 N–H and O–H groups in total. The minimum atomic E-state index is -0.548. The fourth-order valence-electron chi connectivity index (χ4n) is 2.00. The first kappa shape index (κ1) is 11.0. The molecule has 1 saturated heterocycles. The van der Waals surface area contributed by atoms with Gasteiger partial charge in [0.1, 0.15) is 0 Å². The van der Waals surface area contributed by atoms with Gasteiger partial charge in [0.25, 0.3) is 0 Å². The Labute approximate surface area is 98.0 Å². The van der Waals surface area contributed by atoms with Gasteiger partial charge >= 0.3 is 0 Å². The van der Waals surface area contributed by atoms with Crippen molar-refractivity contribution in [3.63, 3.8) is 0 Å². The molecule has 1 aliphatic heterocycles. The van der Waals surface area contributed by atoms with Crippen LogP contribution in [-0.4, -0.2) is 28.8 Å². The van der Waals surface area contributed by atoms with Crippen LogP contribution < -0.4 is 5.32 Å². The van der Waals surface area contributed by atoms with E-state index >= 15 is 0 Å². The van der Waals surface area contributed by atoms with Crippen molar-refractivity contribution >= 4 is 15.9 Å². The van der Waals surface area contributed by atoms with Crippen LogP contribution in [0.1, 0.15) is 18.4 Å². The molecule has 0 aliphatic carbocycles. The van der Waals surface area contributed by atoms with Gasteiger partial charge in [0, 0.05) is 23.3 Å². The minimum Gasteiger partial charge on any atom is -0.389 e. The number of hydrogen-bond acceptors (Lipinski definition) is 3. The van der Waals surface area contributed by atoms with Crippen LogP contribution in [0.2, 0.25) is 0 Å². The summed E-state index contributed by atoms with van der Waals surface area (Å²) in [6.07, 6.45) is 5.92. The molecule has 1 aromatic heterocycles. The van der Waals surface area contributed by atoms with Crippen molar-refractivity contribution in [2.75, 3.05) is 13.1 Å². The number of aliphatic hydroxyl groups is 1. The average molecular weight is 271 g/mol. The Balaban J connectivity index is 2.06. The molecular weight excluding hydrogens is 256 g/mol. The van der Waals surface area contributed by atoms with E-state index in [1.54, 1.807) is 6.20 Å². The SMILES string of the molecule is OC1(Cc2cncc(Br)c2)CCNCC1. The van der Waals surface area contributed by atoms with E-state index in [4.69, 9.17) is 0 Å². The molecule has 0 atom stereocenters. The van der Waals surface area contributed by atoms with Gasteiger partial charge < -0.3 is 10.4 Å². The van der Waals surface area contributed by atoms with Crippen molar-refractivity contribution in [1.29, 1.82) is 0 Å². The smallest absolute Gasteiger partial charge is 0.0712 e. The Hall–Kier alpha value is -0.450. The molecule has 0 amide bonds. The summed E-state index contributed by atoms with van der Waals surface area (Å²) in [5, 5.41) is 13.6. The maximum Gasteiger partial charge on any atom is 0.0712 e. The summed E-state index contributed by atoms with van der Waals surface area (Å²) in [5.74, 6) is 0. The summed E-state index contributed by atoms with van der Waals surface area (Å²) < 4.78 is 0.970. The molecule has 1 fully saturated rings. The highest BCUT2D eigenvalue weighted by Crippen LogP contribution is 2.23. The Kier molecular flexibility index (Phi) is 3.38. The van der Waals surface area contributed by atoms with E-state index in [1.807, 2.05) is 12.3 Å². The topological polar surface area (TPSA) is 45.2 Å². The van der Waals surface area contributed by atoms with E-state index in [-0.39, 0.29) is 0 Å². The van der Waals surface area contributed by atoms with Gasteiger partial charge in [0.2, 0.25) is 0 Å². The van der Waals surface area contributed by atoms with Gasteiger partial charge in [-0.2, -0.15) is 0 Å². The molecule has 1 aliphatic rings. The average Bonchev–Trinajstić information content (AvgIpc) is 2.18. The number of nitrogens with one attached hydrogen (secondary N) is 1. The molecule has 0 bridgehead atoms. The normalized spacial score (nSPS) is 20.1. The Morgan fingerprint density at radius 3 is 2.80 bits per heavy atom. The number of pyridine rings is 1. The van der Waals surface area contributed by atoms with Crippen LogP contribution in [0.25, 0.3) is 0 Å². The van der Waals surface area contributed by atoms with Crippen LogP contribution in [0.4, 0.5) is 0 Å². The van der Waals surface area contributed by atoms with E-state index in [1.165, 1.54) is 0 Å². The van der Waals surface area contributed by atoms with Crippen molar-refractivity contribution in [3.05, 3.63) is 28.5 Å². The highest BCUT2D eigenvalue weighted by molar-refractivity contribution is 9.10. The van der Waals surface area contributed by atoms with E-state index in [0.29, 0.717) is 6.42 Å². The molecule has 0 radical (unpaired) electrons. The third-order valence-electron chi connectivity index (χ3n) is 2.83. The highest BCUT2D eigenvalue weighted by atomic mass is 79.9. The van der Waals surface area contributed by atoms with Crippen LogP contribution >= 0.6 is 15.9 Å². The van der Waals surface area contributed by atoms with Gasteiger partial charge in [0.15, 0.2) is 0 Å². The summed E-state index contributed by atoms with van der Waals surface area (Å²) in [5.41, 5.74) is 0.544. The zero-order valence-electron chi connectivity index (χ0n) is 8.54. The largest absolute Gasteiger partial charge is 0.389 e. The van der Waals surface area contributed by atoms with E-state index < -0.39 is 5.60 Å². The van der Waals surface area contributed by atoms with E-state index in [0.717, 1.165) is 36.0 Å². The Morgan fingerprint density at radius 1 is 1.40 bits per heavy atom. The number of nitrogens with zero attached hydrogens (tertiary/aromatic N) is 1. The summed E-state index contributed by atoms with van der Waals surface area (Å²) in [4.78, 5) is 4.11. The fourth-order valence-corrected chi connectivity index (χ4v) is 2.41. The zero-order valence-corrected chi connectivity index (χ0v) is 10.1. The predicted octanol–water partition coefficient (Wildman–Crippen LogP) is 1.50. The van der Waals surface area contributed by atoms with Gasteiger partial charge in [-0.3, -0.25) is 4.98 Å². The van der Waals surface area contributed by atoms with Crippen LogP contribution in [-0.2, 0) is 6.42 Å². The van der Waals surface area contributed by atoms with Gasteiger partial charge in [0.05, 0.1) is 5.60 Å². The molecule has 0 saturated carbocycles. The number of halogens is 1. The number of hydrogen-bond donors (Lipinski definition) is 2. The van der Waals surface area contributed by atoms with Crippen molar-refractivity contribution < 1.29 is 5.11 Å². The van der Waals surface area contributed by atoms with Crippen LogP contribution in [0.15, 0.2) is 22.9 Å². The minimum absolute atomic E-state index is 0.548. The lowest BCUT2D eigenvalue weighted by atomic mass is 9.86. The van der Waals surface area contributed by atoms with Gasteiger partial charge in [-0.1, -0.05) is 0 Å². The predicted molar refractivity (Wildman–Crippen MR) is 62.7 cm³/mol. The number of rotatable bonds is 2. The fraction of sp³-hybridized carbons (Fsp3) is 0.545. The maximum atomic E-state index is 10.3. The molecule has 2 heterocycles. The lowest BCUT2D eigenvalue weighted by Crippen LogP contribution is -2.43. The standard InChI is InChI=1S/C11H15BrN2O/c12-10-5-9(7-14-8-10)6-11(15)1-3-13-4-2-11/h5,7-8,13,15H,1-4,6H2. The third kappa shape index (κ3) is 3.00. The first-order chi connectivity index (χ1) is 7.18. The molecule has 15 heavy (non-hydrogen) atoms. The molecule has 1 aromatic rings. The highest BCUT2D eigenvalue weighted by Gasteiger charge is 2.29. The van der Waals surface area contributed by atoms with Gasteiger partial charge in [-0.25, -0.2) is 0 Å². The zero-order chi connectivity index (χ0) is 10.7. The molecule has 2 rings (SSSR count). The van der Waals surface area contributed by atoms with Crippen molar-refractivity contribution in [1.82, 2.24) is 10.3 Å². The molecule has 3 nitrogen and oxygen atoms in total. The second kappa shape index (κ2) is 4.60. The van der Waals surface area contributed by atoms with Crippen molar-refractivity contribution in [3.8, 4) is 0 Å². The lowest BCUT2D eigenvalue weighted by Gasteiger charge is -2.32. The monoisotopic (exact) mass is 270 g/mol. The van der Waals surface area contributed by atoms with Gasteiger partial charge in [-0.15, -0.1) is 0 Å². The van der Waals surface area contributed by atoms with Crippen LogP contribution in [0.5, 0.6) is 0 Å². The van der Waals surface area contributed by atoms with E-state index in [9.17, 15) is 5.11 Å². The molecule has 0 spiro atoms. The quantitative estimate of drug-likeness (QED) is 0.856. The summed E-state index contributed by atoms with van der Waals surface area (Å²) in [7, 11) is 0. The molecule has 0 unspecified atom stereocenters. The summed E-state index contributed by atoms with van der Waals surface area (Å²) in [6, 6.07) is 2.02.